The number of carbonyl (C=O) groups is 1. The van der Waals surface area contributed by atoms with Gasteiger partial charge in [0.15, 0.2) is 0 Å². The summed E-state index contributed by atoms with van der Waals surface area (Å²) < 4.78 is 27.3. The van der Waals surface area contributed by atoms with Gasteiger partial charge < -0.3 is 10.0 Å². The van der Waals surface area contributed by atoms with Crippen molar-refractivity contribution in [3.8, 4) is 0 Å². The van der Waals surface area contributed by atoms with Gasteiger partial charge in [-0.15, -0.1) is 0 Å². The second kappa shape index (κ2) is 4.97. The molecule has 2 heterocycles. The number of benzene rings is 1. The first-order valence-electron chi connectivity index (χ1n) is 6.62. The van der Waals surface area contributed by atoms with E-state index in [2.05, 4.69) is 0 Å². The molecule has 0 radical (unpaired) electrons. The second-order valence-electron chi connectivity index (χ2n) is 5.47. The summed E-state index contributed by atoms with van der Waals surface area (Å²) in [7, 11) is 0. The van der Waals surface area contributed by atoms with Gasteiger partial charge in [-0.05, 0) is 37.8 Å². The molecule has 0 spiro atoms. The van der Waals surface area contributed by atoms with Crippen LogP contribution >= 0.6 is 11.6 Å². The molecule has 3 rings (SSSR count). The van der Waals surface area contributed by atoms with Gasteiger partial charge in [0, 0.05) is 12.1 Å². The minimum Gasteiger partial charge on any atom is -0.393 e. The van der Waals surface area contributed by atoms with E-state index < -0.39 is 23.6 Å². The van der Waals surface area contributed by atoms with E-state index in [4.69, 9.17) is 11.6 Å². The van der Waals surface area contributed by atoms with Gasteiger partial charge in [-0.25, -0.2) is 8.78 Å². The van der Waals surface area contributed by atoms with Crippen molar-refractivity contribution in [2.45, 2.75) is 43.9 Å². The molecular formula is C14H14ClF2NO2. The van der Waals surface area contributed by atoms with E-state index in [9.17, 15) is 18.7 Å². The molecular weight excluding hydrogens is 288 g/mol. The Balaban J connectivity index is 1.92. The summed E-state index contributed by atoms with van der Waals surface area (Å²) in [5.41, 5.74) is -0.291. The Hall–Kier alpha value is -1.20. The lowest BCUT2D eigenvalue weighted by Crippen LogP contribution is -2.48. The van der Waals surface area contributed by atoms with Crippen LogP contribution in [0.1, 0.15) is 36.0 Å². The molecule has 2 bridgehead atoms. The molecule has 1 N–H and O–H groups in total. The Bertz CT molecular complexity index is 552. The van der Waals surface area contributed by atoms with Crippen LogP contribution in [0, 0.1) is 11.6 Å². The van der Waals surface area contributed by atoms with Gasteiger partial charge in [-0.1, -0.05) is 11.6 Å². The van der Waals surface area contributed by atoms with Crippen LogP contribution in [0.4, 0.5) is 8.78 Å². The predicted octanol–water partition coefficient (Wildman–Crippen LogP) is 2.75. The quantitative estimate of drug-likeness (QED) is 0.810. The maximum Gasteiger partial charge on any atom is 0.257 e. The van der Waals surface area contributed by atoms with E-state index in [0.29, 0.717) is 12.8 Å². The van der Waals surface area contributed by atoms with Crippen molar-refractivity contribution in [1.82, 2.24) is 4.90 Å². The number of fused-ring (bicyclic) bond motifs is 2. The van der Waals surface area contributed by atoms with Crippen molar-refractivity contribution in [3.63, 3.8) is 0 Å². The molecule has 108 valence electrons. The third kappa shape index (κ3) is 2.19. The van der Waals surface area contributed by atoms with Gasteiger partial charge in [-0.2, -0.15) is 0 Å². The van der Waals surface area contributed by atoms with E-state index >= 15 is 0 Å². The molecule has 0 aromatic heterocycles. The van der Waals surface area contributed by atoms with Crippen molar-refractivity contribution in [3.05, 3.63) is 34.4 Å². The van der Waals surface area contributed by atoms with E-state index in [1.165, 1.54) is 0 Å². The lowest BCUT2D eigenvalue weighted by molar-refractivity contribution is 0.0283. The van der Waals surface area contributed by atoms with Gasteiger partial charge in [0.1, 0.15) is 11.6 Å². The summed E-state index contributed by atoms with van der Waals surface area (Å²) in [5, 5.41) is 9.37. The molecule has 3 nitrogen and oxygen atoms in total. The van der Waals surface area contributed by atoms with Crippen LogP contribution in [-0.2, 0) is 0 Å². The summed E-state index contributed by atoms with van der Waals surface area (Å²) in [4.78, 5) is 14.0. The molecule has 2 aliphatic rings. The average Bonchev–Trinajstić information content (AvgIpc) is 2.65. The lowest BCUT2D eigenvalue weighted by Gasteiger charge is -2.37. The number of halogens is 3. The Labute approximate surface area is 120 Å². The lowest BCUT2D eigenvalue weighted by atomic mass is 9.98. The molecule has 1 aromatic rings. The summed E-state index contributed by atoms with van der Waals surface area (Å²) in [6.07, 6.45) is 2.18. The number of aliphatic hydroxyl groups is 1. The van der Waals surface area contributed by atoms with Crippen LogP contribution in [-0.4, -0.2) is 34.1 Å². The minimum atomic E-state index is -0.813. The number of nitrogens with zero attached hydrogens (tertiary/aromatic N) is 1. The average molecular weight is 302 g/mol. The number of hydrogen-bond donors (Lipinski definition) is 1. The molecule has 1 aromatic carbocycles. The molecule has 1 amide bonds. The van der Waals surface area contributed by atoms with Gasteiger partial charge in [0.25, 0.3) is 5.91 Å². The maximum absolute atomic E-state index is 13.8. The van der Waals surface area contributed by atoms with Crippen molar-refractivity contribution < 1.29 is 18.7 Å². The molecule has 2 atom stereocenters. The first-order chi connectivity index (χ1) is 9.47. The highest BCUT2D eigenvalue weighted by atomic mass is 35.5. The van der Waals surface area contributed by atoms with Crippen molar-refractivity contribution >= 4 is 17.5 Å². The SMILES string of the molecule is O=C(c1cc(F)c(Cl)cc1F)N1C2CCC1CC(O)C2. The Morgan fingerprint density at radius 1 is 1.20 bits per heavy atom. The summed E-state index contributed by atoms with van der Waals surface area (Å²) in [5.74, 6) is -2.13. The summed E-state index contributed by atoms with van der Waals surface area (Å²) in [6.45, 7) is 0. The van der Waals surface area contributed by atoms with E-state index in [1.807, 2.05) is 0 Å². The second-order valence-corrected chi connectivity index (χ2v) is 5.88. The van der Waals surface area contributed by atoms with Crippen LogP contribution in [0.3, 0.4) is 0 Å². The molecule has 2 unspecified atom stereocenters. The van der Waals surface area contributed by atoms with Gasteiger partial charge in [0.05, 0.1) is 16.7 Å². The highest BCUT2D eigenvalue weighted by Crippen LogP contribution is 2.37. The molecule has 2 aliphatic heterocycles. The van der Waals surface area contributed by atoms with Crippen LogP contribution in [0.5, 0.6) is 0 Å². The molecule has 2 fully saturated rings. The fraction of sp³-hybridized carbons (Fsp3) is 0.500. The minimum absolute atomic E-state index is 0.0885. The fourth-order valence-corrected chi connectivity index (χ4v) is 3.46. The third-order valence-corrected chi connectivity index (χ3v) is 4.47. The van der Waals surface area contributed by atoms with Crippen LogP contribution in [0.2, 0.25) is 5.02 Å². The first kappa shape index (κ1) is 13.8. The molecule has 2 saturated heterocycles. The van der Waals surface area contributed by atoms with Crippen LogP contribution in [0.25, 0.3) is 0 Å². The number of amides is 1. The Kier molecular flexibility index (Phi) is 3.42. The van der Waals surface area contributed by atoms with E-state index in [1.54, 1.807) is 4.90 Å². The zero-order chi connectivity index (χ0) is 14.4. The van der Waals surface area contributed by atoms with Gasteiger partial charge >= 0.3 is 0 Å². The van der Waals surface area contributed by atoms with Crippen molar-refractivity contribution in [2.24, 2.45) is 0 Å². The predicted molar refractivity (Wildman–Crippen MR) is 69.6 cm³/mol. The monoisotopic (exact) mass is 301 g/mol. The fourth-order valence-electron chi connectivity index (χ4n) is 3.31. The molecule has 20 heavy (non-hydrogen) atoms. The third-order valence-electron chi connectivity index (χ3n) is 4.18. The highest BCUT2D eigenvalue weighted by Gasteiger charge is 2.43. The maximum atomic E-state index is 13.8. The standard InChI is InChI=1S/C14H14ClF2NO2/c15-11-6-12(16)10(5-13(11)17)14(20)18-7-1-2-8(18)4-9(19)3-7/h5-9,19H,1-4H2. The number of rotatable bonds is 1. The van der Waals surface area contributed by atoms with Crippen molar-refractivity contribution in [2.75, 3.05) is 0 Å². The number of aliphatic hydroxyl groups excluding tert-OH is 1. The highest BCUT2D eigenvalue weighted by molar-refractivity contribution is 6.30. The number of piperidine rings is 1. The smallest absolute Gasteiger partial charge is 0.257 e. The van der Waals surface area contributed by atoms with E-state index in [0.717, 1.165) is 25.0 Å². The van der Waals surface area contributed by atoms with E-state index in [-0.39, 0.29) is 22.7 Å². The Morgan fingerprint density at radius 3 is 2.40 bits per heavy atom. The van der Waals surface area contributed by atoms with Crippen molar-refractivity contribution in [1.29, 1.82) is 0 Å². The topological polar surface area (TPSA) is 40.5 Å². The first-order valence-corrected chi connectivity index (χ1v) is 7.00. The van der Waals surface area contributed by atoms with Crippen LogP contribution in [0.15, 0.2) is 12.1 Å². The molecule has 0 saturated carbocycles. The molecule has 0 aliphatic carbocycles. The zero-order valence-corrected chi connectivity index (χ0v) is 11.4. The number of hydrogen-bond acceptors (Lipinski definition) is 2. The van der Waals surface area contributed by atoms with Gasteiger partial charge in [-0.3, -0.25) is 4.79 Å². The van der Waals surface area contributed by atoms with Gasteiger partial charge in [0.2, 0.25) is 0 Å². The summed E-state index contributed by atoms with van der Waals surface area (Å²) >= 11 is 5.49. The molecule has 6 heteroatoms. The zero-order valence-electron chi connectivity index (χ0n) is 10.7. The van der Waals surface area contributed by atoms with Crippen LogP contribution < -0.4 is 0 Å². The number of carbonyl (C=O) groups excluding carboxylic acids is 1. The normalized spacial score (nSPS) is 28.8. The summed E-state index contributed by atoms with van der Waals surface area (Å²) in [6, 6.07) is 1.50. The largest absolute Gasteiger partial charge is 0.393 e. The Morgan fingerprint density at radius 2 is 1.80 bits per heavy atom.